The Morgan fingerprint density at radius 1 is 1.26 bits per heavy atom. The van der Waals surface area contributed by atoms with Crippen LogP contribution in [-0.2, 0) is 4.79 Å². The molecule has 3 atom stereocenters. The molecule has 0 saturated carbocycles. The number of amides is 2. The fourth-order valence-electron chi connectivity index (χ4n) is 3.81. The molecule has 9 heteroatoms. The van der Waals surface area contributed by atoms with Crippen LogP contribution in [0.15, 0.2) is 36.4 Å². The van der Waals surface area contributed by atoms with Crippen molar-refractivity contribution < 1.29 is 27.2 Å². The van der Waals surface area contributed by atoms with Crippen molar-refractivity contribution in [1.82, 2.24) is 5.32 Å². The van der Waals surface area contributed by atoms with Crippen molar-refractivity contribution in [2.75, 3.05) is 5.32 Å². The number of alkyl halides is 3. The van der Waals surface area contributed by atoms with Gasteiger partial charge in [-0.2, -0.15) is 13.2 Å². The van der Waals surface area contributed by atoms with E-state index in [0.717, 1.165) is 6.92 Å². The summed E-state index contributed by atoms with van der Waals surface area (Å²) in [5, 5.41) is 5.58. The third-order valence-electron chi connectivity index (χ3n) is 5.65. The Kier molecular flexibility index (Phi) is 6.59. The highest BCUT2D eigenvalue weighted by atomic mass is 35.5. The van der Waals surface area contributed by atoms with Gasteiger partial charge in [0.15, 0.2) is 0 Å². The summed E-state index contributed by atoms with van der Waals surface area (Å²) in [5.74, 6) is -4.08. The lowest BCUT2D eigenvalue weighted by molar-refractivity contribution is -0.184. The third-order valence-corrected chi connectivity index (χ3v) is 6.00. The molecule has 2 amide bonds. The largest absolute Gasteiger partial charge is 0.391 e. The molecule has 0 bridgehead atoms. The zero-order chi connectivity index (χ0) is 22.9. The maximum Gasteiger partial charge on any atom is 0.391 e. The molecular formula is C22H21ClF4N2O2. The van der Waals surface area contributed by atoms with E-state index in [1.54, 1.807) is 25.1 Å². The van der Waals surface area contributed by atoms with E-state index in [1.165, 1.54) is 18.2 Å². The van der Waals surface area contributed by atoms with Gasteiger partial charge in [0, 0.05) is 33.8 Å². The molecule has 2 aromatic rings. The van der Waals surface area contributed by atoms with Gasteiger partial charge in [0.2, 0.25) is 5.91 Å². The Morgan fingerprint density at radius 3 is 2.61 bits per heavy atom. The monoisotopic (exact) mass is 456 g/mol. The molecule has 2 N–H and O–H groups in total. The zero-order valence-electron chi connectivity index (χ0n) is 16.8. The number of hydrogen-bond acceptors (Lipinski definition) is 2. The van der Waals surface area contributed by atoms with Gasteiger partial charge < -0.3 is 10.6 Å². The van der Waals surface area contributed by atoms with Crippen LogP contribution in [0.2, 0.25) is 5.02 Å². The van der Waals surface area contributed by atoms with Gasteiger partial charge >= 0.3 is 6.18 Å². The van der Waals surface area contributed by atoms with E-state index in [9.17, 15) is 27.2 Å². The van der Waals surface area contributed by atoms with Crippen LogP contribution in [0.3, 0.4) is 0 Å². The highest BCUT2D eigenvalue weighted by Gasteiger charge is 2.41. The summed E-state index contributed by atoms with van der Waals surface area (Å²) >= 11 is 6.20. The molecule has 0 spiro atoms. The first-order valence-electron chi connectivity index (χ1n) is 9.78. The predicted molar refractivity (Wildman–Crippen MR) is 109 cm³/mol. The number of carbonyl (C=O) groups is 2. The normalized spacial score (nSPS) is 17.6. The van der Waals surface area contributed by atoms with Gasteiger partial charge in [-0.1, -0.05) is 37.9 Å². The van der Waals surface area contributed by atoms with Gasteiger partial charge in [0.1, 0.15) is 5.82 Å². The Hall–Kier alpha value is -2.61. The van der Waals surface area contributed by atoms with Crippen LogP contribution in [0.1, 0.15) is 54.2 Å². The molecule has 166 valence electrons. The van der Waals surface area contributed by atoms with Gasteiger partial charge in [-0.05, 0) is 36.2 Å². The van der Waals surface area contributed by atoms with Gasteiger partial charge in [0.25, 0.3) is 5.91 Å². The van der Waals surface area contributed by atoms with Crippen LogP contribution in [0.5, 0.6) is 0 Å². The average molecular weight is 457 g/mol. The quantitative estimate of drug-likeness (QED) is 0.534. The van der Waals surface area contributed by atoms with Crippen molar-refractivity contribution >= 4 is 29.1 Å². The van der Waals surface area contributed by atoms with Gasteiger partial charge in [0.05, 0.1) is 12.0 Å². The second-order valence-electron chi connectivity index (χ2n) is 7.59. The van der Waals surface area contributed by atoms with E-state index in [1.807, 2.05) is 0 Å². The van der Waals surface area contributed by atoms with Gasteiger partial charge in [-0.15, -0.1) is 0 Å². The number of carbonyl (C=O) groups excluding carboxylic acids is 2. The van der Waals surface area contributed by atoms with Crippen LogP contribution in [0.25, 0.3) is 0 Å². The Balaban J connectivity index is 1.90. The molecule has 0 unspecified atom stereocenters. The van der Waals surface area contributed by atoms with Crippen LogP contribution in [-0.4, -0.2) is 18.0 Å². The molecular weight excluding hydrogens is 436 g/mol. The van der Waals surface area contributed by atoms with E-state index in [2.05, 4.69) is 10.6 Å². The lowest BCUT2D eigenvalue weighted by Crippen LogP contribution is -2.30. The zero-order valence-corrected chi connectivity index (χ0v) is 17.6. The van der Waals surface area contributed by atoms with E-state index >= 15 is 0 Å². The molecule has 3 rings (SSSR count). The maximum absolute atomic E-state index is 13.8. The van der Waals surface area contributed by atoms with Crippen molar-refractivity contribution in [1.29, 1.82) is 0 Å². The molecule has 1 heterocycles. The number of rotatable bonds is 6. The number of anilines is 1. The molecule has 0 radical (unpaired) electrons. The van der Waals surface area contributed by atoms with E-state index in [4.69, 9.17) is 11.6 Å². The van der Waals surface area contributed by atoms with Crippen LogP contribution in [0.4, 0.5) is 23.2 Å². The van der Waals surface area contributed by atoms with Crippen molar-refractivity contribution in [3.8, 4) is 0 Å². The SMILES string of the molecule is CC[C@H](CC(=O)Nc1cccc2c1[C@@H](c1cc(F)ccc1Cl)NC2=O)[C@@H](C)C(F)(F)F. The minimum atomic E-state index is -4.40. The molecule has 0 saturated heterocycles. The summed E-state index contributed by atoms with van der Waals surface area (Å²) in [4.78, 5) is 25.0. The van der Waals surface area contributed by atoms with E-state index in [-0.39, 0.29) is 29.1 Å². The highest BCUT2D eigenvalue weighted by Crippen LogP contribution is 2.40. The number of fused-ring (bicyclic) bond motifs is 1. The highest BCUT2D eigenvalue weighted by molar-refractivity contribution is 6.31. The summed E-state index contributed by atoms with van der Waals surface area (Å²) in [5.41, 5.74) is 1.25. The Labute approximate surface area is 182 Å². The van der Waals surface area contributed by atoms with Gasteiger partial charge in [-0.25, -0.2) is 4.39 Å². The molecule has 0 aromatic heterocycles. The molecule has 0 aliphatic carbocycles. The summed E-state index contributed by atoms with van der Waals surface area (Å²) in [6.07, 6.45) is -4.54. The van der Waals surface area contributed by atoms with Crippen molar-refractivity contribution in [2.45, 2.75) is 38.9 Å². The first kappa shape index (κ1) is 23.1. The smallest absolute Gasteiger partial charge is 0.341 e. The summed E-state index contributed by atoms with van der Waals surface area (Å²) in [6, 6.07) is 7.59. The van der Waals surface area contributed by atoms with Crippen molar-refractivity contribution in [2.24, 2.45) is 11.8 Å². The van der Waals surface area contributed by atoms with Crippen molar-refractivity contribution in [3.05, 3.63) is 63.9 Å². The second-order valence-corrected chi connectivity index (χ2v) is 8.00. The average Bonchev–Trinajstić information content (AvgIpc) is 3.04. The summed E-state index contributed by atoms with van der Waals surface area (Å²) in [6.45, 7) is 2.66. The first-order chi connectivity index (χ1) is 14.5. The second kappa shape index (κ2) is 8.86. The molecule has 1 aliphatic heterocycles. The van der Waals surface area contributed by atoms with Crippen LogP contribution >= 0.6 is 11.6 Å². The fraction of sp³-hybridized carbons (Fsp3) is 0.364. The van der Waals surface area contributed by atoms with Gasteiger partial charge in [-0.3, -0.25) is 9.59 Å². The lowest BCUT2D eigenvalue weighted by Gasteiger charge is -2.25. The fourth-order valence-corrected chi connectivity index (χ4v) is 4.04. The topological polar surface area (TPSA) is 58.2 Å². The third kappa shape index (κ3) is 4.84. The van der Waals surface area contributed by atoms with Crippen LogP contribution < -0.4 is 10.6 Å². The summed E-state index contributed by atoms with van der Waals surface area (Å²) < 4.78 is 53.0. The number of hydrogen-bond donors (Lipinski definition) is 2. The molecule has 2 aromatic carbocycles. The number of halogens is 5. The predicted octanol–water partition coefficient (Wildman–Crippen LogP) is 5.87. The molecule has 0 fully saturated rings. The van der Waals surface area contributed by atoms with Crippen molar-refractivity contribution in [3.63, 3.8) is 0 Å². The molecule has 4 nitrogen and oxygen atoms in total. The standard InChI is InChI=1S/C22H21ClF4N2O2/c1-3-12(11(2)22(25,26)27)9-18(30)28-17-6-4-5-14-19(17)20(29-21(14)31)15-10-13(24)7-8-16(15)23/h4-8,10-12,20H,3,9H2,1-2H3,(H,28,30)(H,29,31)/t11-,12-,20-/m1/s1. The number of benzene rings is 2. The Morgan fingerprint density at radius 2 is 1.97 bits per heavy atom. The Bertz CT molecular complexity index is 1010. The molecule has 1 aliphatic rings. The summed E-state index contributed by atoms with van der Waals surface area (Å²) in [7, 11) is 0. The molecule has 31 heavy (non-hydrogen) atoms. The minimum absolute atomic E-state index is 0.183. The number of nitrogens with one attached hydrogen (secondary N) is 2. The van der Waals surface area contributed by atoms with Crippen LogP contribution in [0, 0.1) is 17.7 Å². The first-order valence-corrected chi connectivity index (χ1v) is 10.2. The van der Waals surface area contributed by atoms with E-state index in [0.29, 0.717) is 11.1 Å². The minimum Gasteiger partial charge on any atom is -0.341 e. The maximum atomic E-state index is 13.8. The lowest BCUT2D eigenvalue weighted by atomic mass is 9.87. The van der Waals surface area contributed by atoms with E-state index < -0.39 is 41.7 Å².